The summed E-state index contributed by atoms with van der Waals surface area (Å²) in [7, 11) is -3.18. The highest BCUT2D eigenvalue weighted by atomic mass is 32.2. The first-order chi connectivity index (χ1) is 8.94. The summed E-state index contributed by atoms with van der Waals surface area (Å²) in [6.07, 6.45) is 0.233. The van der Waals surface area contributed by atoms with E-state index in [-0.39, 0.29) is 17.5 Å². The summed E-state index contributed by atoms with van der Waals surface area (Å²) < 4.78 is 28.4. The molecule has 3 rings (SSSR count). The largest absolute Gasteiger partial charge is 0.487 e. The van der Waals surface area contributed by atoms with Crippen molar-refractivity contribution in [1.29, 1.82) is 0 Å². The molecule has 3 N–H and O–H groups in total. The second-order valence-corrected chi connectivity index (χ2v) is 7.46. The molecule has 3 atom stereocenters. The van der Waals surface area contributed by atoms with Crippen LogP contribution in [-0.4, -0.2) is 37.2 Å². The first-order valence-electron chi connectivity index (χ1n) is 6.38. The summed E-state index contributed by atoms with van der Waals surface area (Å²) in [5.41, 5.74) is 8.24. The lowest BCUT2D eigenvalue weighted by Crippen LogP contribution is -2.29. The van der Waals surface area contributed by atoms with Crippen LogP contribution in [0.5, 0.6) is 5.75 Å². The number of fused-ring (bicyclic) bond motifs is 1. The molecule has 2 unspecified atom stereocenters. The summed E-state index contributed by atoms with van der Waals surface area (Å²) in [5.74, 6) is 0.270. The average Bonchev–Trinajstić information content (AvgIpc) is 2.80. The zero-order valence-electron chi connectivity index (χ0n) is 10.5. The Balaban J connectivity index is 1.78. The predicted octanol–water partition coefficient (Wildman–Crippen LogP) is 0.169. The fourth-order valence-electron chi connectivity index (χ4n) is 2.78. The van der Waals surface area contributed by atoms with Crippen LogP contribution in [0.3, 0.4) is 0 Å². The molecule has 104 valence electrons. The van der Waals surface area contributed by atoms with Crippen molar-refractivity contribution in [2.24, 2.45) is 5.73 Å². The molecule has 1 aliphatic carbocycles. The zero-order chi connectivity index (χ0) is 13.6. The topological polar surface area (TPSA) is 89.6 Å². The second-order valence-electron chi connectivity index (χ2n) is 5.31. The van der Waals surface area contributed by atoms with E-state index in [1.165, 1.54) is 0 Å². The van der Waals surface area contributed by atoms with E-state index in [4.69, 9.17) is 10.5 Å². The lowest BCUT2D eigenvalue weighted by molar-refractivity contribution is 0.0737. The molecular formula is C13H17NO4S. The van der Waals surface area contributed by atoms with Crippen molar-refractivity contribution >= 4 is 9.84 Å². The first kappa shape index (κ1) is 12.9. The monoisotopic (exact) mass is 283 g/mol. The molecule has 1 aromatic carbocycles. The van der Waals surface area contributed by atoms with Crippen molar-refractivity contribution in [2.75, 3.05) is 11.5 Å². The smallest absolute Gasteiger partial charge is 0.156 e. The quantitative estimate of drug-likeness (QED) is 0.807. The van der Waals surface area contributed by atoms with Gasteiger partial charge in [-0.1, -0.05) is 6.07 Å². The highest BCUT2D eigenvalue weighted by Gasteiger charge is 2.38. The van der Waals surface area contributed by atoms with Crippen LogP contribution >= 0.6 is 0 Å². The maximum absolute atomic E-state index is 11.4. The van der Waals surface area contributed by atoms with Gasteiger partial charge in [-0.05, 0) is 36.1 Å². The highest BCUT2D eigenvalue weighted by Crippen LogP contribution is 2.32. The summed E-state index contributed by atoms with van der Waals surface area (Å²) in [6, 6.07) is 5.71. The number of hydrogen-bond donors (Lipinski definition) is 2. The molecule has 1 fully saturated rings. The third kappa shape index (κ3) is 2.48. The molecule has 1 heterocycles. The highest BCUT2D eigenvalue weighted by molar-refractivity contribution is 7.91. The Labute approximate surface area is 112 Å². The van der Waals surface area contributed by atoms with E-state index in [2.05, 4.69) is 0 Å². The van der Waals surface area contributed by atoms with Gasteiger partial charge in [0.15, 0.2) is 9.84 Å². The molecule has 6 heteroatoms. The summed E-state index contributed by atoms with van der Waals surface area (Å²) in [4.78, 5) is 0. The Morgan fingerprint density at radius 3 is 2.79 bits per heavy atom. The minimum Gasteiger partial charge on any atom is -0.487 e. The van der Waals surface area contributed by atoms with Crippen LogP contribution < -0.4 is 10.5 Å². The maximum atomic E-state index is 11.4. The molecule has 19 heavy (non-hydrogen) atoms. The molecule has 0 radical (unpaired) electrons. The van der Waals surface area contributed by atoms with Gasteiger partial charge in [-0.2, -0.15) is 0 Å². The van der Waals surface area contributed by atoms with Crippen LogP contribution in [0.1, 0.15) is 23.6 Å². The Bertz CT molecular complexity index is 599. The number of aliphatic hydroxyl groups excluding tert-OH is 1. The molecule has 0 spiro atoms. The standard InChI is InChI=1S/C13H17NO4S/c14-11-4-1-8-5-9(2-3-10(8)11)18-13-7-19(16,17)6-12(13)15/h2-3,5,11-13,15H,1,4,6-7,14H2/t11-,12?,13?/m1/s1. The van der Waals surface area contributed by atoms with E-state index in [1.807, 2.05) is 12.1 Å². The van der Waals surface area contributed by atoms with Crippen molar-refractivity contribution in [2.45, 2.75) is 31.1 Å². The van der Waals surface area contributed by atoms with Gasteiger partial charge < -0.3 is 15.6 Å². The molecule has 0 bridgehead atoms. The lowest BCUT2D eigenvalue weighted by atomic mass is 10.1. The van der Waals surface area contributed by atoms with Crippen molar-refractivity contribution < 1.29 is 18.3 Å². The van der Waals surface area contributed by atoms with Crippen LogP contribution in [0.2, 0.25) is 0 Å². The molecule has 2 aliphatic rings. The third-order valence-electron chi connectivity index (χ3n) is 3.80. The number of rotatable bonds is 2. The Hall–Kier alpha value is -1.11. The van der Waals surface area contributed by atoms with Crippen LogP contribution in [0, 0.1) is 0 Å². The molecular weight excluding hydrogens is 266 g/mol. The molecule has 1 aliphatic heterocycles. The van der Waals surface area contributed by atoms with Crippen LogP contribution in [0.15, 0.2) is 18.2 Å². The lowest BCUT2D eigenvalue weighted by Gasteiger charge is -2.16. The van der Waals surface area contributed by atoms with Gasteiger partial charge in [0.25, 0.3) is 0 Å². The zero-order valence-corrected chi connectivity index (χ0v) is 11.3. The van der Waals surface area contributed by atoms with Gasteiger partial charge in [-0.15, -0.1) is 0 Å². The van der Waals surface area contributed by atoms with Gasteiger partial charge in [-0.3, -0.25) is 0 Å². The van der Waals surface area contributed by atoms with Crippen molar-refractivity contribution in [3.05, 3.63) is 29.3 Å². The van der Waals surface area contributed by atoms with Gasteiger partial charge in [0.1, 0.15) is 18.0 Å². The van der Waals surface area contributed by atoms with E-state index in [0.29, 0.717) is 5.75 Å². The molecule has 1 saturated heterocycles. The fourth-order valence-corrected chi connectivity index (χ4v) is 4.45. The minimum absolute atomic E-state index is 0.0847. The van der Waals surface area contributed by atoms with E-state index in [0.717, 1.165) is 24.0 Å². The number of sulfone groups is 1. The second kappa shape index (κ2) is 4.47. The fraction of sp³-hybridized carbons (Fsp3) is 0.538. The van der Waals surface area contributed by atoms with E-state index in [9.17, 15) is 13.5 Å². The van der Waals surface area contributed by atoms with Crippen molar-refractivity contribution in [1.82, 2.24) is 0 Å². The van der Waals surface area contributed by atoms with Crippen molar-refractivity contribution in [3.63, 3.8) is 0 Å². The molecule has 0 saturated carbocycles. The Morgan fingerprint density at radius 1 is 1.32 bits per heavy atom. The minimum atomic E-state index is -3.18. The summed E-state index contributed by atoms with van der Waals surface area (Å²) in [5, 5.41) is 9.70. The first-order valence-corrected chi connectivity index (χ1v) is 8.20. The van der Waals surface area contributed by atoms with Gasteiger partial charge in [0.05, 0.1) is 11.5 Å². The molecule has 5 nitrogen and oxygen atoms in total. The van der Waals surface area contributed by atoms with Crippen molar-refractivity contribution in [3.8, 4) is 5.75 Å². The predicted molar refractivity (Wildman–Crippen MR) is 70.8 cm³/mol. The molecule has 0 amide bonds. The van der Waals surface area contributed by atoms with Crippen LogP contribution in [-0.2, 0) is 16.3 Å². The van der Waals surface area contributed by atoms with Gasteiger partial charge in [0.2, 0.25) is 0 Å². The van der Waals surface area contributed by atoms with Gasteiger partial charge >= 0.3 is 0 Å². The van der Waals surface area contributed by atoms with Crippen LogP contribution in [0.4, 0.5) is 0 Å². The Kier molecular flexibility index (Phi) is 3.03. The van der Waals surface area contributed by atoms with E-state index < -0.39 is 22.0 Å². The summed E-state index contributed by atoms with van der Waals surface area (Å²) >= 11 is 0. The Morgan fingerprint density at radius 2 is 2.11 bits per heavy atom. The number of ether oxygens (including phenoxy) is 1. The number of hydrogen-bond acceptors (Lipinski definition) is 5. The van der Waals surface area contributed by atoms with Gasteiger partial charge in [-0.25, -0.2) is 8.42 Å². The number of aryl methyl sites for hydroxylation is 1. The average molecular weight is 283 g/mol. The van der Waals surface area contributed by atoms with E-state index in [1.54, 1.807) is 6.07 Å². The summed E-state index contributed by atoms with van der Waals surface area (Å²) in [6.45, 7) is 0. The van der Waals surface area contributed by atoms with E-state index >= 15 is 0 Å². The third-order valence-corrected chi connectivity index (χ3v) is 5.48. The molecule has 1 aromatic rings. The maximum Gasteiger partial charge on any atom is 0.156 e. The normalized spacial score (nSPS) is 32.2. The SMILES string of the molecule is N[C@@H]1CCc2cc(OC3CS(=O)(=O)CC3O)ccc21. The number of nitrogens with two attached hydrogens (primary N) is 1. The van der Waals surface area contributed by atoms with Crippen LogP contribution in [0.25, 0.3) is 0 Å². The number of benzene rings is 1. The molecule has 0 aromatic heterocycles. The number of aliphatic hydroxyl groups is 1. The van der Waals surface area contributed by atoms with Gasteiger partial charge in [0, 0.05) is 6.04 Å².